The van der Waals surface area contributed by atoms with Gasteiger partial charge in [-0.1, -0.05) is 6.07 Å². The molecular formula is C23H25FN4OS. The third-order valence-corrected chi connectivity index (χ3v) is 6.05. The minimum atomic E-state index is -0.244. The van der Waals surface area contributed by atoms with Crippen molar-refractivity contribution in [3.63, 3.8) is 0 Å². The lowest BCUT2D eigenvalue weighted by Gasteiger charge is -2.34. The number of benzene rings is 2. The molecule has 0 spiro atoms. The number of carbonyl (C=O) groups excluding carboxylic acids is 1. The fraction of sp³-hybridized carbons (Fsp3) is 0.304. The van der Waals surface area contributed by atoms with Crippen LogP contribution >= 0.6 is 11.3 Å². The molecule has 1 amide bonds. The quantitative estimate of drug-likeness (QED) is 0.663. The maximum absolute atomic E-state index is 13.1. The first-order valence-corrected chi connectivity index (χ1v) is 10.9. The number of hydrogen-bond donors (Lipinski definition) is 1. The van der Waals surface area contributed by atoms with Crippen LogP contribution in [0.5, 0.6) is 0 Å². The summed E-state index contributed by atoms with van der Waals surface area (Å²) >= 11 is 1.60. The number of hydrogen-bond acceptors (Lipinski definition) is 5. The molecule has 3 aromatic rings. The van der Waals surface area contributed by atoms with Gasteiger partial charge < -0.3 is 10.2 Å². The molecule has 0 bridgehead atoms. The van der Waals surface area contributed by atoms with Crippen LogP contribution in [0.4, 0.5) is 15.2 Å². The molecule has 0 saturated carbocycles. The minimum Gasteiger partial charge on any atom is -0.346 e. The van der Waals surface area contributed by atoms with E-state index >= 15 is 0 Å². The number of aromatic nitrogens is 1. The first-order chi connectivity index (χ1) is 14.5. The number of halogens is 1. The largest absolute Gasteiger partial charge is 0.346 e. The van der Waals surface area contributed by atoms with Crippen LogP contribution in [0.25, 0.3) is 11.3 Å². The van der Waals surface area contributed by atoms with Gasteiger partial charge in [0.2, 0.25) is 5.91 Å². The summed E-state index contributed by atoms with van der Waals surface area (Å²) in [5, 5.41) is 5.98. The molecule has 1 fully saturated rings. The van der Waals surface area contributed by atoms with Gasteiger partial charge in [-0.05, 0) is 61.4 Å². The van der Waals surface area contributed by atoms with Crippen molar-refractivity contribution in [3.05, 3.63) is 64.8 Å². The standard InChI is InChI=1S/C23H25FN4OS/c1-16-11-17(2)13-20(12-16)25-22(29)14-27-7-9-28(10-8-27)23-26-21(15-30-23)18-3-5-19(24)6-4-18/h3-6,11-13,15H,7-10,14H2,1-2H3,(H,25,29). The van der Waals surface area contributed by atoms with Gasteiger partial charge in [0.25, 0.3) is 0 Å². The van der Waals surface area contributed by atoms with Gasteiger partial charge in [-0.2, -0.15) is 0 Å². The predicted octanol–water partition coefficient (Wildman–Crippen LogP) is 4.33. The maximum atomic E-state index is 13.1. The Balaban J connectivity index is 1.29. The van der Waals surface area contributed by atoms with E-state index in [2.05, 4.69) is 21.2 Å². The Hall–Kier alpha value is -2.77. The van der Waals surface area contributed by atoms with Gasteiger partial charge in [0, 0.05) is 42.8 Å². The summed E-state index contributed by atoms with van der Waals surface area (Å²) < 4.78 is 13.1. The van der Waals surface area contributed by atoms with Crippen molar-refractivity contribution in [2.75, 3.05) is 42.9 Å². The zero-order valence-electron chi connectivity index (χ0n) is 17.2. The second-order valence-electron chi connectivity index (χ2n) is 7.71. The van der Waals surface area contributed by atoms with Crippen LogP contribution in [-0.4, -0.2) is 48.5 Å². The Morgan fingerprint density at radius 2 is 1.73 bits per heavy atom. The summed E-state index contributed by atoms with van der Waals surface area (Å²) in [5.74, 6) is -0.229. The topological polar surface area (TPSA) is 48.5 Å². The molecule has 1 aromatic heterocycles. The number of piperazine rings is 1. The fourth-order valence-corrected chi connectivity index (χ4v) is 4.60. The molecule has 1 saturated heterocycles. The van der Waals surface area contributed by atoms with Gasteiger partial charge >= 0.3 is 0 Å². The van der Waals surface area contributed by atoms with Crippen molar-refractivity contribution in [2.45, 2.75) is 13.8 Å². The second kappa shape index (κ2) is 8.93. The number of rotatable bonds is 5. The third kappa shape index (κ3) is 5.04. The van der Waals surface area contributed by atoms with Crippen molar-refractivity contribution in [2.24, 2.45) is 0 Å². The van der Waals surface area contributed by atoms with E-state index in [1.807, 2.05) is 31.4 Å². The molecule has 5 nitrogen and oxygen atoms in total. The van der Waals surface area contributed by atoms with Crippen molar-refractivity contribution in [3.8, 4) is 11.3 Å². The summed E-state index contributed by atoms with van der Waals surface area (Å²) in [5.41, 5.74) is 4.92. The lowest BCUT2D eigenvalue weighted by molar-refractivity contribution is -0.117. The molecule has 1 N–H and O–H groups in total. The van der Waals surface area contributed by atoms with E-state index in [0.29, 0.717) is 6.54 Å². The van der Waals surface area contributed by atoms with E-state index in [9.17, 15) is 9.18 Å². The van der Waals surface area contributed by atoms with Crippen LogP contribution in [0.1, 0.15) is 11.1 Å². The maximum Gasteiger partial charge on any atom is 0.238 e. The molecular weight excluding hydrogens is 399 g/mol. The van der Waals surface area contributed by atoms with E-state index in [4.69, 9.17) is 4.98 Å². The Morgan fingerprint density at radius 3 is 2.40 bits per heavy atom. The second-order valence-corrected chi connectivity index (χ2v) is 8.55. The summed E-state index contributed by atoms with van der Waals surface area (Å²) in [6.45, 7) is 7.72. The summed E-state index contributed by atoms with van der Waals surface area (Å²) in [6, 6.07) is 12.5. The fourth-order valence-electron chi connectivity index (χ4n) is 3.71. The molecule has 0 aliphatic carbocycles. The Morgan fingerprint density at radius 1 is 1.07 bits per heavy atom. The monoisotopic (exact) mass is 424 g/mol. The lowest BCUT2D eigenvalue weighted by atomic mass is 10.1. The van der Waals surface area contributed by atoms with Crippen molar-refractivity contribution in [1.82, 2.24) is 9.88 Å². The third-order valence-electron chi connectivity index (χ3n) is 5.15. The number of anilines is 2. The van der Waals surface area contributed by atoms with E-state index in [0.717, 1.165) is 59.4 Å². The first kappa shape index (κ1) is 20.5. The van der Waals surface area contributed by atoms with E-state index in [1.54, 1.807) is 23.5 Å². The smallest absolute Gasteiger partial charge is 0.238 e. The zero-order valence-corrected chi connectivity index (χ0v) is 18.0. The number of nitrogens with zero attached hydrogens (tertiary/aromatic N) is 3. The van der Waals surface area contributed by atoms with Crippen LogP contribution in [0.2, 0.25) is 0 Å². The van der Waals surface area contributed by atoms with Gasteiger partial charge in [-0.3, -0.25) is 9.69 Å². The van der Waals surface area contributed by atoms with E-state index in [1.165, 1.54) is 12.1 Å². The molecule has 0 atom stereocenters. The van der Waals surface area contributed by atoms with Crippen molar-refractivity contribution >= 4 is 28.1 Å². The van der Waals surface area contributed by atoms with Crippen LogP contribution in [0.15, 0.2) is 47.8 Å². The molecule has 156 valence electrons. The summed E-state index contributed by atoms with van der Waals surface area (Å²) in [6.07, 6.45) is 0. The number of amides is 1. The zero-order chi connectivity index (χ0) is 21.1. The highest BCUT2D eigenvalue weighted by atomic mass is 32.1. The van der Waals surface area contributed by atoms with E-state index in [-0.39, 0.29) is 11.7 Å². The molecule has 2 aromatic carbocycles. The lowest BCUT2D eigenvalue weighted by Crippen LogP contribution is -2.48. The molecule has 7 heteroatoms. The molecule has 4 rings (SSSR count). The number of nitrogens with one attached hydrogen (secondary N) is 1. The Bertz CT molecular complexity index is 1010. The summed E-state index contributed by atoms with van der Waals surface area (Å²) in [7, 11) is 0. The van der Waals surface area contributed by atoms with Gasteiger partial charge in [0.15, 0.2) is 5.13 Å². The number of thiazole rings is 1. The SMILES string of the molecule is Cc1cc(C)cc(NC(=O)CN2CCN(c3nc(-c4ccc(F)cc4)cs3)CC2)c1. The molecule has 1 aliphatic rings. The van der Waals surface area contributed by atoms with Crippen molar-refractivity contribution in [1.29, 1.82) is 0 Å². The predicted molar refractivity (Wildman–Crippen MR) is 121 cm³/mol. The van der Waals surface area contributed by atoms with Gasteiger partial charge in [0.1, 0.15) is 5.82 Å². The number of carbonyl (C=O) groups is 1. The summed E-state index contributed by atoms with van der Waals surface area (Å²) in [4.78, 5) is 21.6. The Kier molecular flexibility index (Phi) is 6.11. The van der Waals surface area contributed by atoms with E-state index < -0.39 is 0 Å². The highest BCUT2D eigenvalue weighted by Gasteiger charge is 2.21. The molecule has 1 aliphatic heterocycles. The molecule has 30 heavy (non-hydrogen) atoms. The first-order valence-electron chi connectivity index (χ1n) is 10.0. The van der Waals surface area contributed by atoms with Gasteiger partial charge in [0.05, 0.1) is 12.2 Å². The average Bonchev–Trinajstić information content (AvgIpc) is 3.18. The molecule has 0 radical (unpaired) electrons. The van der Waals surface area contributed by atoms with Crippen LogP contribution in [0.3, 0.4) is 0 Å². The minimum absolute atomic E-state index is 0.0151. The Labute approximate surface area is 180 Å². The highest BCUT2D eigenvalue weighted by Crippen LogP contribution is 2.28. The van der Waals surface area contributed by atoms with Crippen LogP contribution < -0.4 is 10.2 Å². The normalized spacial score (nSPS) is 14.7. The van der Waals surface area contributed by atoms with Gasteiger partial charge in [-0.25, -0.2) is 9.37 Å². The average molecular weight is 425 g/mol. The number of aryl methyl sites for hydroxylation is 2. The van der Waals surface area contributed by atoms with Gasteiger partial charge in [-0.15, -0.1) is 11.3 Å². The van der Waals surface area contributed by atoms with Crippen molar-refractivity contribution < 1.29 is 9.18 Å². The highest BCUT2D eigenvalue weighted by molar-refractivity contribution is 7.14. The molecule has 2 heterocycles. The van der Waals surface area contributed by atoms with Crippen LogP contribution in [0, 0.1) is 19.7 Å². The van der Waals surface area contributed by atoms with Crippen LogP contribution in [-0.2, 0) is 4.79 Å². The molecule has 0 unspecified atom stereocenters.